The molecule has 1 atom stereocenters. The maximum absolute atomic E-state index is 8.51. The van der Waals surface area contributed by atoms with E-state index in [1.165, 1.54) is 0 Å². The SMILES string of the molecule is CC(C#N)Oc1cc(Cl)ccc1Cl. The van der Waals surface area contributed by atoms with Crippen molar-refractivity contribution in [2.75, 3.05) is 0 Å². The summed E-state index contributed by atoms with van der Waals surface area (Å²) >= 11 is 11.5. The molecule has 1 rings (SSSR count). The Morgan fingerprint density at radius 3 is 2.77 bits per heavy atom. The normalized spacial score (nSPS) is 11.8. The van der Waals surface area contributed by atoms with Gasteiger partial charge in [0.2, 0.25) is 0 Å². The van der Waals surface area contributed by atoms with Crippen molar-refractivity contribution in [3.63, 3.8) is 0 Å². The van der Waals surface area contributed by atoms with Gasteiger partial charge in [0.05, 0.1) is 5.02 Å². The van der Waals surface area contributed by atoms with Gasteiger partial charge in [-0.2, -0.15) is 5.26 Å². The average molecular weight is 216 g/mol. The Hall–Kier alpha value is -0.910. The third-order valence-electron chi connectivity index (χ3n) is 1.38. The molecule has 1 aromatic rings. The summed E-state index contributed by atoms with van der Waals surface area (Å²) in [6.45, 7) is 1.64. The van der Waals surface area contributed by atoms with Crippen molar-refractivity contribution >= 4 is 23.2 Å². The lowest BCUT2D eigenvalue weighted by atomic mass is 10.3. The van der Waals surface area contributed by atoms with Gasteiger partial charge >= 0.3 is 0 Å². The molecule has 0 N–H and O–H groups in total. The number of benzene rings is 1. The number of rotatable bonds is 2. The highest BCUT2D eigenvalue weighted by Crippen LogP contribution is 2.28. The van der Waals surface area contributed by atoms with Gasteiger partial charge in [-0.05, 0) is 19.1 Å². The molecule has 1 unspecified atom stereocenters. The third kappa shape index (κ3) is 2.80. The van der Waals surface area contributed by atoms with Gasteiger partial charge in [-0.1, -0.05) is 23.2 Å². The van der Waals surface area contributed by atoms with Crippen LogP contribution in [0.25, 0.3) is 0 Å². The van der Waals surface area contributed by atoms with Crippen LogP contribution in [0.3, 0.4) is 0 Å². The molecule has 0 amide bonds. The Bertz CT molecular complexity index is 346. The minimum absolute atomic E-state index is 0.434. The number of hydrogen-bond donors (Lipinski definition) is 0. The van der Waals surface area contributed by atoms with Crippen LogP contribution in [-0.4, -0.2) is 6.10 Å². The summed E-state index contributed by atoms with van der Waals surface area (Å²) in [6, 6.07) is 6.81. The molecular formula is C9H7Cl2NO. The number of hydrogen-bond acceptors (Lipinski definition) is 2. The van der Waals surface area contributed by atoms with Crippen LogP contribution >= 0.6 is 23.2 Å². The van der Waals surface area contributed by atoms with E-state index in [4.69, 9.17) is 33.2 Å². The highest BCUT2D eigenvalue weighted by atomic mass is 35.5. The van der Waals surface area contributed by atoms with Crippen LogP contribution < -0.4 is 4.74 Å². The van der Waals surface area contributed by atoms with Crippen LogP contribution in [0.4, 0.5) is 0 Å². The van der Waals surface area contributed by atoms with Crippen molar-refractivity contribution in [3.05, 3.63) is 28.2 Å². The molecule has 68 valence electrons. The summed E-state index contributed by atoms with van der Waals surface area (Å²) in [6.07, 6.45) is -0.532. The topological polar surface area (TPSA) is 33.0 Å². The van der Waals surface area contributed by atoms with Gasteiger partial charge in [0.1, 0.15) is 11.8 Å². The summed E-state index contributed by atoms with van der Waals surface area (Å²) < 4.78 is 5.20. The number of nitriles is 1. The van der Waals surface area contributed by atoms with Crippen molar-refractivity contribution in [1.82, 2.24) is 0 Å². The summed E-state index contributed by atoms with van der Waals surface area (Å²) in [5, 5.41) is 9.49. The van der Waals surface area contributed by atoms with Crippen molar-refractivity contribution < 1.29 is 4.74 Å². The molecule has 13 heavy (non-hydrogen) atoms. The van der Waals surface area contributed by atoms with Gasteiger partial charge in [0.15, 0.2) is 6.10 Å². The van der Waals surface area contributed by atoms with E-state index in [1.807, 2.05) is 6.07 Å². The first-order chi connectivity index (χ1) is 6.13. The van der Waals surface area contributed by atoms with Crippen LogP contribution in [0.5, 0.6) is 5.75 Å². The maximum Gasteiger partial charge on any atom is 0.181 e. The minimum atomic E-state index is -0.532. The Balaban J connectivity index is 2.88. The smallest absolute Gasteiger partial charge is 0.181 e. The second-order valence-corrected chi connectivity index (χ2v) is 3.31. The molecule has 0 aliphatic carbocycles. The van der Waals surface area contributed by atoms with Crippen LogP contribution in [-0.2, 0) is 0 Å². The molecule has 0 heterocycles. The Kier molecular flexibility index (Phi) is 3.41. The maximum atomic E-state index is 8.51. The van der Waals surface area contributed by atoms with E-state index < -0.39 is 6.10 Å². The molecule has 0 bridgehead atoms. The van der Waals surface area contributed by atoms with Gasteiger partial charge in [-0.15, -0.1) is 0 Å². The zero-order chi connectivity index (χ0) is 9.84. The Morgan fingerprint density at radius 1 is 1.46 bits per heavy atom. The highest BCUT2D eigenvalue weighted by molar-refractivity contribution is 6.34. The first-order valence-electron chi connectivity index (χ1n) is 3.65. The third-order valence-corrected chi connectivity index (χ3v) is 1.93. The lowest BCUT2D eigenvalue weighted by molar-refractivity contribution is 0.276. The molecule has 0 saturated carbocycles. The number of ether oxygens (including phenoxy) is 1. The van der Waals surface area contributed by atoms with Gasteiger partial charge in [0, 0.05) is 11.1 Å². The van der Waals surface area contributed by atoms with E-state index in [9.17, 15) is 0 Å². The quantitative estimate of drug-likeness (QED) is 0.759. The van der Waals surface area contributed by atoms with E-state index in [0.29, 0.717) is 15.8 Å². The summed E-state index contributed by atoms with van der Waals surface area (Å²) in [4.78, 5) is 0. The number of nitrogens with zero attached hydrogens (tertiary/aromatic N) is 1. The summed E-state index contributed by atoms with van der Waals surface area (Å²) in [7, 11) is 0. The number of halogens is 2. The molecule has 1 aromatic carbocycles. The monoisotopic (exact) mass is 215 g/mol. The highest BCUT2D eigenvalue weighted by Gasteiger charge is 2.06. The fourth-order valence-corrected chi connectivity index (χ4v) is 1.11. The van der Waals surface area contributed by atoms with Crippen LogP contribution in [0.15, 0.2) is 18.2 Å². The van der Waals surface area contributed by atoms with Gasteiger partial charge in [-0.25, -0.2) is 0 Å². The molecule has 2 nitrogen and oxygen atoms in total. The second kappa shape index (κ2) is 4.36. The minimum Gasteiger partial charge on any atom is -0.474 e. The Labute approximate surface area is 86.6 Å². The van der Waals surface area contributed by atoms with Crippen LogP contribution in [0.1, 0.15) is 6.92 Å². The standard InChI is InChI=1S/C9H7Cl2NO/c1-6(5-12)13-9-4-7(10)2-3-8(9)11/h2-4,6H,1H3. The fourth-order valence-electron chi connectivity index (χ4n) is 0.784. The van der Waals surface area contributed by atoms with E-state index in [2.05, 4.69) is 0 Å². The molecule has 0 aromatic heterocycles. The van der Waals surface area contributed by atoms with E-state index in [-0.39, 0.29) is 0 Å². The van der Waals surface area contributed by atoms with E-state index in [1.54, 1.807) is 25.1 Å². The predicted molar refractivity (Wildman–Crippen MR) is 52.2 cm³/mol. The zero-order valence-electron chi connectivity index (χ0n) is 6.92. The Morgan fingerprint density at radius 2 is 2.15 bits per heavy atom. The molecule has 4 heteroatoms. The molecular weight excluding hydrogens is 209 g/mol. The first-order valence-corrected chi connectivity index (χ1v) is 4.40. The second-order valence-electron chi connectivity index (χ2n) is 2.46. The van der Waals surface area contributed by atoms with Crippen molar-refractivity contribution in [3.8, 4) is 11.8 Å². The largest absolute Gasteiger partial charge is 0.474 e. The lowest BCUT2D eigenvalue weighted by Gasteiger charge is -2.09. The molecule has 0 saturated heterocycles. The van der Waals surface area contributed by atoms with Crippen molar-refractivity contribution in [2.45, 2.75) is 13.0 Å². The molecule has 0 aliphatic rings. The predicted octanol–water partition coefficient (Wildman–Crippen LogP) is 3.28. The summed E-state index contributed by atoms with van der Waals surface area (Å²) in [5.41, 5.74) is 0. The molecule has 0 radical (unpaired) electrons. The lowest BCUT2D eigenvalue weighted by Crippen LogP contribution is -2.08. The molecule has 0 aliphatic heterocycles. The van der Waals surface area contributed by atoms with Crippen molar-refractivity contribution in [1.29, 1.82) is 5.26 Å². The van der Waals surface area contributed by atoms with E-state index in [0.717, 1.165) is 0 Å². The van der Waals surface area contributed by atoms with Crippen LogP contribution in [0, 0.1) is 11.3 Å². The zero-order valence-corrected chi connectivity index (χ0v) is 8.43. The van der Waals surface area contributed by atoms with Crippen LogP contribution in [0.2, 0.25) is 10.0 Å². The van der Waals surface area contributed by atoms with Gasteiger partial charge < -0.3 is 4.74 Å². The first kappa shape index (κ1) is 10.2. The molecule has 0 fully saturated rings. The van der Waals surface area contributed by atoms with Gasteiger partial charge in [-0.3, -0.25) is 0 Å². The van der Waals surface area contributed by atoms with Gasteiger partial charge in [0.25, 0.3) is 0 Å². The molecule has 0 spiro atoms. The summed E-state index contributed by atoms with van der Waals surface area (Å²) in [5.74, 6) is 0.434. The fraction of sp³-hybridized carbons (Fsp3) is 0.222. The van der Waals surface area contributed by atoms with E-state index >= 15 is 0 Å². The average Bonchev–Trinajstić information content (AvgIpc) is 2.11. The van der Waals surface area contributed by atoms with Crippen molar-refractivity contribution in [2.24, 2.45) is 0 Å².